The molecule has 106 valence electrons. The molecule has 0 amide bonds. The van der Waals surface area contributed by atoms with Gasteiger partial charge in [-0.05, 0) is 31.0 Å². The van der Waals surface area contributed by atoms with Gasteiger partial charge in [-0.3, -0.25) is 0 Å². The molecule has 1 aliphatic heterocycles. The lowest BCUT2D eigenvalue weighted by Crippen LogP contribution is -2.37. The maximum Gasteiger partial charge on any atom is 0.124 e. The average molecular weight is 272 g/mol. The molecule has 4 heteroatoms. The van der Waals surface area contributed by atoms with E-state index in [9.17, 15) is 5.26 Å². The monoisotopic (exact) mass is 272 g/mol. The van der Waals surface area contributed by atoms with Crippen LogP contribution >= 0.6 is 0 Å². The summed E-state index contributed by atoms with van der Waals surface area (Å²) >= 11 is 0. The van der Waals surface area contributed by atoms with Crippen LogP contribution in [0.5, 0.6) is 11.5 Å². The zero-order chi connectivity index (χ0) is 13.9. The van der Waals surface area contributed by atoms with E-state index in [4.69, 9.17) is 9.47 Å². The molecule has 3 rings (SSSR count). The molecule has 20 heavy (non-hydrogen) atoms. The third kappa shape index (κ3) is 2.46. The van der Waals surface area contributed by atoms with Crippen LogP contribution in [0.15, 0.2) is 18.2 Å². The highest BCUT2D eigenvalue weighted by Gasteiger charge is 2.31. The van der Waals surface area contributed by atoms with Crippen LogP contribution in [-0.4, -0.2) is 19.8 Å². The van der Waals surface area contributed by atoms with Crippen LogP contribution in [0.2, 0.25) is 0 Å². The Hall–Kier alpha value is -1.73. The number of fused-ring (bicyclic) bond motifs is 1. The van der Waals surface area contributed by atoms with Crippen molar-refractivity contribution < 1.29 is 9.47 Å². The second-order valence-corrected chi connectivity index (χ2v) is 5.53. The Balaban J connectivity index is 1.80. The third-order valence-electron chi connectivity index (χ3n) is 4.35. The van der Waals surface area contributed by atoms with Crippen molar-refractivity contribution >= 4 is 0 Å². The molecule has 0 saturated heterocycles. The Morgan fingerprint density at radius 1 is 1.35 bits per heavy atom. The lowest BCUT2D eigenvalue weighted by atomic mass is 9.97. The minimum absolute atomic E-state index is 0.145. The maximum absolute atomic E-state index is 9.21. The fourth-order valence-corrected chi connectivity index (χ4v) is 3.25. The summed E-state index contributed by atoms with van der Waals surface area (Å²) in [6, 6.07) is 8.94. The first-order chi connectivity index (χ1) is 9.81. The Morgan fingerprint density at radius 3 is 3.05 bits per heavy atom. The van der Waals surface area contributed by atoms with Gasteiger partial charge in [-0.2, -0.15) is 5.26 Å². The molecule has 2 aliphatic rings. The number of ether oxygens (including phenoxy) is 2. The summed E-state index contributed by atoms with van der Waals surface area (Å²) < 4.78 is 11.0. The summed E-state index contributed by atoms with van der Waals surface area (Å²) in [4.78, 5) is 0. The molecule has 0 bridgehead atoms. The molecule has 0 aromatic heterocycles. The molecule has 4 nitrogen and oxygen atoms in total. The highest BCUT2D eigenvalue weighted by atomic mass is 16.5. The quantitative estimate of drug-likeness (QED) is 0.919. The van der Waals surface area contributed by atoms with Gasteiger partial charge in [0.15, 0.2) is 0 Å². The van der Waals surface area contributed by atoms with Gasteiger partial charge < -0.3 is 14.8 Å². The highest BCUT2D eigenvalue weighted by Crippen LogP contribution is 2.36. The third-order valence-corrected chi connectivity index (χ3v) is 4.35. The van der Waals surface area contributed by atoms with Gasteiger partial charge in [-0.15, -0.1) is 0 Å². The van der Waals surface area contributed by atoms with E-state index >= 15 is 0 Å². The summed E-state index contributed by atoms with van der Waals surface area (Å²) in [7, 11) is 1.68. The molecule has 1 aliphatic carbocycles. The number of methoxy groups -OCH3 is 1. The van der Waals surface area contributed by atoms with Crippen LogP contribution < -0.4 is 14.8 Å². The molecule has 1 saturated carbocycles. The van der Waals surface area contributed by atoms with Gasteiger partial charge in [-0.25, -0.2) is 0 Å². The highest BCUT2D eigenvalue weighted by molar-refractivity contribution is 5.43. The molecular weight excluding hydrogens is 252 g/mol. The molecule has 3 atom stereocenters. The topological polar surface area (TPSA) is 54.3 Å². The van der Waals surface area contributed by atoms with Crippen molar-refractivity contribution in [3.63, 3.8) is 0 Å². The molecule has 3 unspecified atom stereocenters. The number of nitrogens with zero attached hydrogens (tertiary/aromatic N) is 1. The summed E-state index contributed by atoms with van der Waals surface area (Å²) in [6.45, 7) is 0.723. The molecular formula is C16H20N2O2. The zero-order valence-electron chi connectivity index (χ0n) is 11.8. The lowest BCUT2D eigenvalue weighted by Gasteiger charge is -2.30. The van der Waals surface area contributed by atoms with E-state index in [0.717, 1.165) is 49.4 Å². The predicted octanol–water partition coefficient (Wildman–Crippen LogP) is 2.80. The second-order valence-electron chi connectivity index (χ2n) is 5.53. The van der Waals surface area contributed by atoms with Crippen molar-refractivity contribution in [3.8, 4) is 17.6 Å². The lowest BCUT2D eigenvalue weighted by molar-refractivity contribution is 0.239. The molecule has 1 heterocycles. The van der Waals surface area contributed by atoms with Gasteiger partial charge in [0.05, 0.1) is 25.7 Å². The van der Waals surface area contributed by atoms with Crippen molar-refractivity contribution in [2.24, 2.45) is 5.92 Å². The predicted molar refractivity (Wildman–Crippen MR) is 75.7 cm³/mol. The Kier molecular flexibility index (Phi) is 3.79. The van der Waals surface area contributed by atoms with E-state index < -0.39 is 0 Å². The van der Waals surface area contributed by atoms with Crippen LogP contribution in [0.25, 0.3) is 0 Å². The summed E-state index contributed by atoms with van der Waals surface area (Å²) in [6.07, 6.45) is 4.19. The largest absolute Gasteiger partial charge is 0.497 e. The van der Waals surface area contributed by atoms with Crippen LogP contribution in [0, 0.1) is 17.2 Å². The van der Waals surface area contributed by atoms with Gasteiger partial charge >= 0.3 is 0 Å². The first-order valence-electron chi connectivity index (χ1n) is 7.28. The normalized spacial score (nSPS) is 28.3. The molecule has 0 radical (unpaired) electrons. The van der Waals surface area contributed by atoms with E-state index in [1.165, 1.54) is 0 Å². The minimum atomic E-state index is 0.145. The molecule has 0 spiro atoms. The van der Waals surface area contributed by atoms with Crippen LogP contribution in [0.3, 0.4) is 0 Å². The van der Waals surface area contributed by atoms with Crippen molar-refractivity contribution in [1.82, 2.24) is 5.32 Å². The minimum Gasteiger partial charge on any atom is -0.497 e. The molecule has 1 aromatic rings. The van der Waals surface area contributed by atoms with Gasteiger partial charge in [0, 0.05) is 24.1 Å². The second kappa shape index (κ2) is 5.72. The standard InChI is InChI=1S/C16H20N2O2/c1-19-12-5-6-16-13(9-12)15(7-8-20-16)18-14-4-2-3-11(14)10-17/h5-6,9,11,14-15,18H,2-4,7-8H2,1H3. The van der Waals surface area contributed by atoms with E-state index in [2.05, 4.69) is 11.4 Å². The van der Waals surface area contributed by atoms with Gasteiger partial charge in [0.1, 0.15) is 11.5 Å². The van der Waals surface area contributed by atoms with Crippen LogP contribution in [-0.2, 0) is 0 Å². The van der Waals surface area contributed by atoms with Crippen molar-refractivity contribution in [2.75, 3.05) is 13.7 Å². The van der Waals surface area contributed by atoms with E-state index in [1.54, 1.807) is 7.11 Å². The van der Waals surface area contributed by atoms with Crippen molar-refractivity contribution in [2.45, 2.75) is 37.8 Å². The number of rotatable bonds is 3. The van der Waals surface area contributed by atoms with E-state index in [-0.39, 0.29) is 12.0 Å². The summed E-state index contributed by atoms with van der Waals surface area (Å²) in [5.41, 5.74) is 1.15. The van der Waals surface area contributed by atoms with E-state index in [1.807, 2.05) is 18.2 Å². The number of nitrogens with one attached hydrogen (secondary N) is 1. The van der Waals surface area contributed by atoms with Crippen molar-refractivity contribution in [3.05, 3.63) is 23.8 Å². The number of hydrogen-bond acceptors (Lipinski definition) is 4. The molecule has 1 aromatic carbocycles. The Labute approximate surface area is 119 Å². The summed E-state index contributed by atoms with van der Waals surface area (Å²) in [5.74, 6) is 1.93. The number of benzene rings is 1. The van der Waals surface area contributed by atoms with Gasteiger partial charge in [0.25, 0.3) is 0 Å². The fraction of sp³-hybridized carbons (Fsp3) is 0.562. The van der Waals surface area contributed by atoms with Gasteiger partial charge in [-0.1, -0.05) is 6.42 Å². The van der Waals surface area contributed by atoms with Gasteiger partial charge in [0.2, 0.25) is 0 Å². The SMILES string of the molecule is COc1ccc2c(c1)C(NC1CCCC1C#N)CCO2. The Morgan fingerprint density at radius 2 is 2.25 bits per heavy atom. The van der Waals surface area contributed by atoms with Crippen LogP contribution in [0.4, 0.5) is 0 Å². The average Bonchev–Trinajstić information content (AvgIpc) is 2.94. The molecule has 1 N–H and O–H groups in total. The fourth-order valence-electron chi connectivity index (χ4n) is 3.25. The molecule has 1 fully saturated rings. The zero-order valence-corrected chi connectivity index (χ0v) is 11.8. The van der Waals surface area contributed by atoms with E-state index in [0.29, 0.717) is 6.04 Å². The van der Waals surface area contributed by atoms with Crippen LogP contribution in [0.1, 0.15) is 37.3 Å². The number of nitriles is 1. The first-order valence-corrected chi connectivity index (χ1v) is 7.28. The first kappa shape index (κ1) is 13.3. The Bertz CT molecular complexity index is 524. The smallest absolute Gasteiger partial charge is 0.124 e. The number of hydrogen-bond donors (Lipinski definition) is 1. The van der Waals surface area contributed by atoms with Crippen molar-refractivity contribution in [1.29, 1.82) is 5.26 Å². The summed E-state index contributed by atoms with van der Waals surface area (Å²) in [5, 5.41) is 12.9. The maximum atomic E-state index is 9.21.